The summed E-state index contributed by atoms with van der Waals surface area (Å²) in [5.74, 6) is 0.619. The minimum Gasteiger partial charge on any atom is -0.497 e. The summed E-state index contributed by atoms with van der Waals surface area (Å²) in [6.45, 7) is 1.97. The lowest BCUT2D eigenvalue weighted by atomic mass is 10.1. The van der Waals surface area contributed by atoms with Crippen molar-refractivity contribution in [2.24, 2.45) is 5.73 Å². The molecule has 0 bridgehead atoms. The molecule has 0 unspecified atom stereocenters. The maximum Gasteiger partial charge on any atom is 0.186 e. The summed E-state index contributed by atoms with van der Waals surface area (Å²) >= 11 is 0. The molecule has 2 N–H and O–H groups in total. The van der Waals surface area contributed by atoms with Crippen LogP contribution in [0.4, 0.5) is 0 Å². The topological polar surface area (TPSA) is 69.4 Å². The highest BCUT2D eigenvalue weighted by Crippen LogP contribution is 2.29. The van der Waals surface area contributed by atoms with Crippen LogP contribution in [0.15, 0.2) is 53.4 Å². The number of sulfone groups is 1. The number of methoxy groups -OCH3 is 1. The summed E-state index contributed by atoms with van der Waals surface area (Å²) in [6.07, 6.45) is 0. The number of ether oxygens (including phenoxy) is 1. The zero-order valence-corrected chi connectivity index (χ0v) is 12.9. The lowest BCUT2D eigenvalue weighted by Gasteiger charge is -2.17. The summed E-state index contributed by atoms with van der Waals surface area (Å²) in [5.41, 5.74) is 7.46. The number of rotatable bonds is 5. The van der Waals surface area contributed by atoms with Crippen molar-refractivity contribution in [1.29, 1.82) is 0 Å². The highest BCUT2D eigenvalue weighted by molar-refractivity contribution is 7.91. The minimum atomic E-state index is -3.53. The monoisotopic (exact) mass is 305 g/mol. The Bertz CT molecular complexity index is 709. The second-order valence-electron chi connectivity index (χ2n) is 4.86. The Morgan fingerprint density at radius 3 is 2.33 bits per heavy atom. The fraction of sp³-hybridized carbons (Fsp3) is 0.250. The van der Waals surface area contributed by atoms with Crippen LogP contribution in [0.25, 0.3) is 0 Å². The Balaban J connectivity index is 2.44. The number of hydrogen-bond acceptors (Lipinski definition) is 4. The first-order chi connectivity index (χ1) is 9.98. The van der Waals surface area contributed by atoms with Gasteiger partial charge in [0.2, 0.25) is 0 Å². The van der Waals surface area contributed by atoms with Gasteiger partial charge >= 0.3 is 0 Å². The highest BCUT2D eigenvalue weighted by atomic mass is 32.2. The van der Waals surface area contributed by atoms with Crippen molar-refractivity contribution in [3.8, 4) is 5.75 Å². The van der Waals surface area contributed by atoms with E-state index in [0.717, 1.165) is 5.56 Å². The third kappa shape index (κ3) is 3.25. The summed E-state index contributed by atoms with van der Waals surface area (Å²) < 4.78 is 30.6. The van der Waals surface area contributed by atoms with Crippen LogP contribution in [0.5, 0.6) is 5.75 Å². The molecule has 0 saturated heterocycles. The second kappa shape index (κ2) is 6.28. The van der Waals surface area contributed by atoms with E-state index in [9.17, 15) is 8.42 Å². The van der Waals surface area contributed by atoms with Crippen LogP contribution < -0.4 is 10.5 Å². The molecule has 0 amide bonds. The van der Waals surface area contributed by atoms with Crippen LogP contribution in [0.2, 0.25) is 0 Å². The number of nitrogens with two attached hydrogens (primary N) is 1. The number of benzene rings is 2. The van der Waals surface area contributed by atoms with E-state index in [0.29, 0.717) is 11.3 Å². The van der Waals surface area contributed by atoms with Gasteiger partial charge in [-0.05, 0) is 36.8 Å². The molecule has 0 aromatic heterocycles. The van der Waals surface area contributed by atoms with Crippen molar-refractivity contribution in [2.45, 2.75) is 17.1 Å². The van der Waals surface area contributed by atoms with Gasteiger partial charge in [0.25, 0.3) is 0 Å². The van der Waals surface area contributed by atoms with Gasteiger partial charge in [0.1, 0.15) is 11.0 Å². The Hall–Kier alpha value is -1.85. The van der Waals surface area contributed by atoms with Crippen molar-refractivity contribution in [3.63, 3.8) is 0 Å². The summed E-state index contributed by atoms with van der Waals surface area (Å²) in [5, 5.41) is -0.745. The van der Waals surface area contributed by atoms with Crippen molar-refractivity contribution >= 4 is 9.84 Å². The number of hydrogen-bond donors (Lipinski definition) is 1. The van der Waals surface area contributed by atoms with Crippen LogP contribution >= 0.6 is 0 Å². The molecule has 0 saturated carbocycles. The lowest BCUT2D eigenvalue weighted by Crippen LogP contribution is -2.22. The maximum absolute atomic E-state index is 12.8. The first-order valence-electron chi connectivity index (χ1n) is 6.63. The summed E-state index contributed by atoms with van der Waals surface area (Å²) in [7, 11) is -1.99. The summed E-state index contributed by atoms with van der Waals surface area (Å²) in [4.78, 5) is 0.250. The molecule has 2 aromatic rings. The minimum absolute atomic E-state index is 0.0395. The van der Waals surface area contributed by atoms with Crippen molar-refractivity contribution in [1.82, 2.24) is 0 Å². The smallest absolute Gasteiger partial charge is 0.186 e. The predicted octanol–water partition coefficient (Wildman–Crippen LogP) is 2.48. The molecule has 4 nitrogen and oxygen atoms in total. The van der Waals surface area contributed by atoms with Gasteiger partial charge in [0.15, 0.2) is 9.84 Å². The summed E-state index contributed by atoms with van der Waals surface area (Å²) in [6, 6.07) is 13.8. The van der Waals surface area contributed by atoms with Crippen LogP contribution in [0.3, 0.4) is 0 Å². The molecule has 0 radical (unpaired) electrons. The SMILES string of the molecule is COc1ccc(S(=O)(=O)[C@@H](CN)c2cccc(C)c2)cc1. The second-order valence-corrected chi connectivity index (χ2v) is 6.99. The molecule has 1 atom stereocenters. The molecule has 5 heteroatoms. The lowest BCUT2D eigenvalue weighted by molar-refractivity contribution is 0.414. The molecule has 0 aliphatic rings. The molecule has 112 valence electrons. The molecule has 0 spiro atoms. The van der Waals surface area contributed by atoms with Crippen LogP contribution in [0, 0.1) is 6.92 Å². The van der Waals surface area contributed by atoms with Gasteiger partial charge in [-0.2, -0.15) is 0 Å². The van der Waals surface area contributed by atoms with Gasteiger partial charge in [0, 0.05) is 6.54 Å². The molecule has 2 rings (SSSR count). The van der Waals surface area contributed by atoms with E-state index in [1.807, 2.05) is 25.1 Å². The Morgan fingerprint density at radius 2 is 1.81 bits per heavy atom. The van der Waals surface area contributed by atoms with Crippen molar-refractivity contribution < 1.29 is 13.2 Å². The van der Waals surface area contributed by atoms with Gasteiger partial charge in [-0.25, -0.2) is 8.42 Å². The Kier molecular flexibility index (Phi) is 4.65. The standard InChI is InChI=1S/C16H19NO3S/c1-12-4-3-5-13(10-12)16(11-17)21(18,19)15-8-6-14(20-2)7-9-15/h3-10,16H,11,17H2,1-2H3/t16-/m0/s1. The molecular formula is C16H19NO3S. The van der Waals surface area contributed by atoms with Gasteiger partial charge in [-0.3, -0.25) is 0 Å². The average molecular weight is 305 g/mol. The third-order valence-electron chi connectivity index (χ3n) is 3.39. The van der Waals surface area contributed by atoms with E-state index >= 15 is 0 Å². The first-order valence-corrected chi connectivity index (χ1v) is 8.18. The van der Waals surface area contributed by atoms with E-state index in [2.05, 4.69) is 0 Å². The van der Waals surface area contributed by atoms with Crippen LogP contribution in [-0.4, -0.2) is 22.1 Å². The van der Waals surface area contributed by atoms with E-state index in [1.54, 1.807) is 37.4 Å². The largest absolute Gasteiger partial charge is 0.497 e. The van der Waals surface area contributed by atoms with E-state index in [-0.39, 0.29) is 11.4 Å². The predicted molar refractivity (Wildman–Crippen MR) is 83.2 cm³/mol. The fourth-order valence-electron chi connectivity index (χ4n) is 2.24. The zero-order chi connectivity index (χ0) is 15.5. The van der Waals surface area contributed by atoms with E-state index in [1.165, 1.54) is 0 Å². The normalized spacial score (nSPS) is 12.9. The third-order valence-corrected chi connectivity index (χ3v) is 5.53. The van der Waals surface area contributed by atoms with Crippen LogP contribution in [0.1, 0.15) is 16.4 Å². The molecule has 0 aliphatic heterocycles. The maximum atomic E-state index is 12.8. The molecular weight excluding hydrogens is 286 g/mol. The van der Waals surface area contributed by atoms with Crippen molar-refractivity contribution in [3.05, 3.63) is 59.7 Å². The fourth-order valence-corrected chi connectivity index (χ4v) is 3.84. The van der Waals surface area contributed by atoms with Gasteiger partial charge in [0.05, 0.1) is 12.0 Å². The van der Waals surface area contributed by atoms with Gasteiger partial charge in [-0.1, -0.05) is 29.8 Å². The molecule has 0 aliphatic carbocycles. The molecule has 0 fully saturated rings. The highest BCUT2D eigenvalue weighted by Gasteiger charge is 2.27. The first kappa shape index (κ1) is 15.5. The molecule has 21 heavy (non-hydrogen) atoms. The zero-order valence-electron chi connectivity index (χ0n) is 12.1. The quantitative estimate of drug-likeness (QED) is 0.921. The average Bonchev–Trinajstić information content (AvgIpc) is 2.48. The van der Waals surface area contributed by atoms with Crippen molar-refractivity contribution in [2.75, 3.05) is 13.7 Å². The van der Waals surface area contributed by atoms with E-state index in [4.69, 9.17) is 10.5 Å². The molecule has 0 heterocycles. The Labute approximate surface area is 125 Å². The number of aryl methyl sites for hydroxylation is 1. The van der Waals surface area contributed by atoms with Crippen LogP contribution in [-0.2, 0) is 9.84 Å². The Morgan fingerprint density at radius 1 is 1.14 bits per heavy atom. The molecule has 2 aromatic carbocycles. The van der Waals surface area contributed by atoms with E-state index < -0.39 is 15.1 Å². The van der Waals surface area contributed by atoms with Gasteiger partial charge < -0.3 is 10.5 Å². The van der Waals surface area contributed by atoms with Gasteiger partial charge in [-0.15, -0.1) is 0 Å².